The maximum atomic E-state index is 13.1. The Morgan fingerprint density at radius 3 is 2.30 bits per heavy atom. The summed E-state index contributed by atoms with van der Waals surface area (Å²) in [6.45, 7) is 5.92. The number of benzene rings is 1. The van der Waals surface area contributed by atoms with E-state index in [0.717, 1.165) is 0 Å². The van der Waals surface area contributed by atoms with Crippen LogP contribution in [-0.2, 0) is 9.53 Å². The lowest BCUT2D eigenvalue weighted by molar-refractivity contribution is -0.138. The first-order valence-corrected chi connectivity index (χ1v) is 8.04. The second-order valence-electron chi connectivity index (χ2n) is 5.80. The maximum absolute atomic E-state index is 13.1. The number of nitrogens with zero attached hydrogens (tertiary/aromatic N) is 1. The van der Waals surface area contributed by atoms with Crippen LogP contribution in [0.3, 0.4) is 0 Å². The Balaban J connectivity index is 0.00000123. The van der Waals surface area contributed by atoms with Crippen LogP contribution in [0.4, 0.5) is 4.39 Å². The van der Waals surface area contributed by atoms with E-state index < -0.39 is 12.0 Å². The third-order valence-corrected chi connectivity index (χ3v) is 3.36. The Morgan fingerprint density at radius 1 is 1.33 bits per heavy atom. The molecule has 10 heteroatoms. The van der Waals surface area contributed by atoms with Crippen LogP contribution in [0.5, 0.6) is 0 Å². The molecule has 0 radical (unpaired) electrons. The molecule has 0 bridgehead atoms. The number of hydrogen-bond donors (Lipinski definition) is 5. The summed E-state index contributed by atoms with van der Waals surface area (Å²) in [5.41, 5.74) is 16.4. The van der Waals surface area contributed by atoms with Crippen molar-refractivity contribution in [3.05, 3.63) is 41.2 Å². The van der Waals surface area contributed by atoms with E-state index in [9.17, 15) is 9.18 Å². The topological polar surface area (TPSA) is 153 Å². The molecule has 1 aromatic carbocycles. The van der Waals surface area contributed by atoms with Gasteiger partial charge in [-0.3, -0.25) is 5.41 Å². The lowest BCUT2D eigenvalue weighted by Crippen LogP contribution is -2.41. The van der Waals surface area contributed by atoms with Crippen molar-refractivity contribution in [3.63, 3.8) is 0 Å². The lowest BCUT2D eigenvalue weighted by atomic mass is 9.91. The first kappa shape index (κ1) is 24.2. The van der Waals surface area contributed by atoms with E-state index in [2.05, 4.69) is 21.8 Å². The van der Waals surface area contributed by atoms with E-state index in [4.69, 9.17) is 15.9 Å². The van der Waals surface area contributed by atoms with Crippen LogP contribution in [-0.4, -0.2) is 30.5 Å². The third-order valence-electron chi connectivity index (χ3n) is 3.36. The van der Waals surface area contributed by atoms with E-state index in [1.54, 1.807) is 19.1 Å². The number of ether oxygens (including phenoxy) is 1. The quantitative estimate of drug-likeness (QED) is 0.291. The molecule has 0 fully saturated rings. The van der Waals surface area contributed by atoms with Gasteiger partial charge < -0.3 is 27.3 Å². The molecular formula is C17H26ClFN6O2. The summed E-state index contributed by atoms with van der Waals surface area (Å²) in [7, 11) is 0. The number of rotatable bonds is 4. The average Bonchev–Trinajstić information content (AvgIpc) is 2.54. The molecule has 1 aromatic rings. The Hall–Kier alpha value is -2.81. The fraction of sp³-hybridized carbons (Fsp3) is 0.353. The molecule has 150 valence electrons. The minimum absolute atomic E-state index is 0. The summed E-state index contributed by atoms with van der Waals surface area (Å²) in [5.74, 6) is -0.828. The van der Waals surface area contributed by atoms with Crippen molar-refractivity contribution in [1.82, 2.24) is 5.32 Å². The van der Waals surface area contributed by atoms with Gasteiger partial charge in [0.15, 0.2) is 11.9 Å². The third kappa shape index (κ3) is 7.14. The fourth-order valence-corrected chi connectivity index (χ4v) is 2.35. The van der Waals surface area contributed by atoms with Crippen molar-refractivity contribution < 1.29 is 13.9 Å². The predicted molar refractivity (Wildman–Crippen MR) is 107 cm³/mol. The molecule has 8 N–H and O–H groups in total. The van der Waals surface area contributed by atoms with Gasteiger partial charge in [0.2, 0.25) is 0 Å². The van der Waals surface area contributed by atoms with E-state index in [0.29, 0.717) is 16.8 Å². The molecule has 0 saturated carbocycles. The minimum atomic E-state index is -0.440. The molecule has 0 spiro atoms. The van der Waals surface area contributed by atoms with Crippen molar-refractivity contribution >= 4 is 36.0 Å². The standard InChI is InChI=1S/C16H20FN3O2.CH5N3.ClH/c1-4-22-15(21)12-13(9(2)3)19-16(18)20-14(12)10-5-7-11(17)8-6-10;2-1(3)4;/h5-9,13H,4H2,1-3H3,(H3,18,19,20);(H5,2,3,4);1H. The van der Waals surface area contributed by atoms with Gasteiger partial charge in [0.1, 0.15) is 5.82 Å². The summed E-state index contributed by atoms with van der Waals surface area (Å²) in [6, 6.07) is 5.44. The van der Waals surface area contributed by atoms with Crippen LogP contribution >= 0.6 is 12.4 Å². The number of hydrogen-bond acceptors (Lipinski definition) is 6. The minimum Gasteiger partial charge on any atom is -0.463 e. The van der Waals surface area contributed by atoms with Gasteiger partial charge in [0.05, 0.1) is 23.9 Å². The molecule has 1 unspecified atom stereocenters. The van der Waals surface area contributed by atoms with Crippen molar-refractivity contribution in [2.75, 3.05) is 6.61 Å². The summed E-state index contributed by atoms with van der Waals surface area (Å²) in [6.07, 6.45) is 0. The van der Waals surface area contributed by atoms with E-state index >= 15 is 0 Å². The van der Waals surface area contributed by atoms with E-state index in [1.807, 2.05) is 13.8 Å². The van der Waals surface area contributed by atoms with Crippen molar-refractivity contribution in [2.24, 2.45) is 28.1 Å². The Morgan fingerprint density at radius 2 is 1.85 bits per heavy atom. The van der Waals surface area contributed by atoms with Crippen molar-refractivity contribution in [2.45, 2.75) is 26.8 Å². The largest absolute Gasteiger partial charge is 0.463 e. The molecule has 1 aliphatic heterocycles. The normalized spacial score (nSPS) is 15.6. The van der Waals surface area contributed by atoms with Crippen LogP contribution in [0.25, 0.3) is 5.70 Å². The molecule has 1 heterocycles. The molecule has 1 aliphatic rings. The Labute approximate surface area is 164 Å². The molecule has 2 rings (SSSR count). The molecule has 0 aliphatic carbocycles. The van der Waals surface area contributed by atoms with Crippen LogP contribution in [0.1, 0.15) is 26.3 Å². The van der Waals surface area contributed by atoms with E-state index in [-0.39, 0.29) is 42.7 Å². The van der Waals surface area contributed by atoms with Gasteiger partial charge in [0.25, 0.3) is 0 Å². The average molecular weight is 401 g/mol. The summed E-state index contributed by atoms with van der Waals surface area (Å²) in [4.78, 5) is 16.7. The summed E-state index contributed by atoms with van der Waals surface area (Å²) in [5, 5.41) is 8.97. The van der Waals surface area contributed by atoms with Gasteiger partial charge in [-0.2, -0.15) is 0 Å². The molecule has 0 saturated heterocycles. The highest BCUT2D eigenvalue weighted by Gasteiger charge is 2.32. The molecule has 0 aromatic heterocycles. The molecule has 27 heavy (non-hydrogen) atoms. The number of nitrogens with two attached hydrogens (primary N) is 3. The van der Waals surface area contributed by atoms with Gasteiger partial charge in [-0.25, -0.2) is 14.2 Å². The van der Waals surface area contributed by atoms with Gasteiger partial charge in [-0.05, 0) is 42.7 Å². The lowest BCUT2D eigenvalue weighted by Gasteiger charge is -2.28. The van der Waals surface area contributed by atoms with Gasteiger partial charge in [-0.15, -0.1) is 12.4 Å². The first-order valence-electron chi connectivity index (χ1n) is 8.04. The van der Waals surface area contributed by atoms with E-state index in [1.165, 1.54) is 12.1 Å². The number of carbonyl (C=O) groups excluding carboxylic acids is 1. The molecular weight excluding hydrogens is 375 g/mol. The van der Waals surface area contributed by atoms with Crippen LogP contribution in [0.2, 0.25) is 0 Å². The number of esters is 1. The number of carbonyl (C=O) groups is 1. The number of guanidine groups is 2. The maximum Gasteiger partial charge on any atom is 0.338 e. The number of halogens is 2. The fourth-order valence-electron chi connectivity index (χ4n) is 2.35. The van der Waals surface area contributed by atoms with Gasteiger partial charge >= 0.3 is 5.97 Å². The second kappa shape index (κ2) is 11.0. The van der Waals surface area contributed by atoms with Crippen LogP contribution in [0.15, 0.2) is 34.8 Å². The molecule has 1 atom stereocenters. The number of aliphatic imine (C=N–C) groups is 1. The van der Waals surface area contributed by atoms with Gasteiger partial charge in [0, 0.05) is 0 Å². The highest BCUT2D eigenvalue weighted by Crippen LogP contribution is 2.28. The molecule has 0 amide bonds. The summed E-state index contributed by atoms with van der Waals surface area (Å²) >= 11 is 0. The molecule has 8 nitrogen and oxygen atoms in total. The Bertz CT molecular complexity index is 715. The van der Waals surface area contributed by atoms with Crippen LogP contribution in [0, 0.1) is 17.1 Å². The smallest absolute Gasteiger partial charge is 0.338 e. The summed E-state index contributed by atoms with van der Waals surface area (Å²) < 4.78 is 18.3. The first-order chi connectivity index (χ1) is 12.2. The zero-order valence-corrected chi connectivity index (χ0v) is 16.3. The van der Waals surface area contributed by atoms with Gasteiger partial charge in [-0.1, -0.05) is 13.8 Å². The zero-order chi connectivity index (χ0) is 19.9. The van der Waals surface area contributed by atoms with Crippen molar-refractivity contribution in [1.29, 1.82) is 5.41 Å². The van der Waals surface area contributed by atoms with Crippen molar-refractivity contribution in [3.8, 4) is 0 Å². The number of nitrogens with one attached hydrogen (secondary N) is 2. The SMILES string of the molecule is CCOC(=O)C1=C(c2ccc(F)cc2)NC(N)=NC1C(C)C.Cl.N=C(N)N. The Kier molecular flexibility index (Phi) is 9.87. The second-order valence-corrected chi connectivity index (χ2v) is 5.80. The highest BCUT2D eigenvalue weighted by molar-refractivity contribution is 6.04. The monoisotopic (exact) mass is 400 g/mol. The predicted octanol–water partition coefficient (Wildman–Crippen LogP) is 1.30. The zero-order valence-electron chi connectivity index (χ0n) is 15.5. The van der Waals surface area contributed by atoms with Crippen LogP contribution < -0.4 is 22.5 Å². The highest BCUT2D eigenvalue weighted by atomic mass is 35.5.